The number of amides is 2. The second kappa shape index (κ2) is 8.63. The van der Waals surface area contributed by atoms with Crippen LogP contribution < -0.4 is 10.6 Å². The summed E-state index contributed by atoms with van der Waals surface area (Å²) in [5.41, 5.74) is 0.920. The SMILES string of the molecule is COCCC(NC(=O)NC(C)c1cccc(Br)c1)C(=O)O. The van der Waals surface area contributed by atoms with Gasteiger partial charge in [-0.1, -0.05) is 28.1 Å². The minimum atomic E-state index is -1.09. The molecule has 0 aliphatic rings. The molecule has 0 heterocycles. The van der Waals surface area contributed by atoms with Crippen LogP contribution in [-0.2, 0) is 9.53 Å². The van der Waals surface area contributed by atoms with Crippen molar-refractivity contribution in [1.82, 2.24) is 10.6 Å². The average molecular weight is 359 g/mol. The normalized spacial score (nSPS) is 13.3. The second-order valence-corrected chi connectivity index (χ2v) is 5.48. The molecule has 6 nitrogen and oxygen atoms in total. The predicted octanol–water partition coefficient (Wildman–Crippen LogP) is 2.30. The fourth-order valence-corrected chi connectivity index (χ4v) is 2.17. The first kappa shape index (κ1) is 17.5. The van der Waals surface area contributed by atoms with Crippen molar-refractivity contribution >= 4 is 27.9 Å². The van der Waals surface area contributed by atoms with Crippen molar-refractivity contribution in [1.29, 1.82) is 0 Å². The minimum absolute atomic E-state index is 0.213. The molecular formula is C14H19BrN2O4. The van der Waals surface area contributed by atoms with Gasteiger partial charge in [-0.2, -0.15) is 0 Å². The molecule has 2 unspecified atom stereocenters. The Morgan fingerprint density at radius 3 is 2.67 bits per heavy atom. The Morgan fingerprint density at radius 1 is 1.38 bits per heavy atom. The lowest BCUT2D eigenvalue weighted by Crippen LogP contribution is -2.47. The van der Waals surface area contributed by atoms with Gasteiger partial charge in [-0.15, -0.1) is 0 Å². The zero-order valence-electron chi connectivity index (χ0n) is 11.9. The average Bonchev–Trinajstić information content (AvgIpc) is 2.43. The van der Waals surface area contributed by atoms with E-state index in [2.05, 4.69) is 26.6 Å². The smallest absolute Gasteiger partial charge is 0.326 e. The number of carbonyl (C=O) groups excluding carboxylic acids is 1. The van der Waals surface area contributed by atoms with Crippen LogP contribution in [0.2, 0.25) is 0 Å². The molecule has 2 atom stereocenters. The van der Waals surface area contributed by atoms with Crippen molar-refractivity contribution in [2.45, 2.75) is 25.4 Å². The summed E-state index contributed by atoms with van der Waals surface area (Å²) in [4.78, 5) is 22.9. The molecule has 2 amide bonds. The number of ether oxygens (including phenoxy) is 1. The van der Waals surface area contributed by atoms with E-state index in [-0.39, 0.29) is 19.1 Å². The molecule has 0 aliphatic carbocycles. The molecule has 0 saturated carbocycles. The number of carboxylic acids is 1. The van der Waals surface area contributed by atoms with Gasteiger partial charge in [0.1, 0.15) is 6.04 Å². The van der Waals surface area contributed by atoms with Gasteiger partial charge in [0.15, 0.2) is 0 Å². The number of halogens is 1. The van der Waals surface area contributed by atoms with E-state index in [1.165, 1.54) is 7.11 Å². The summed E-state index contributed by atoms with van der Waals surface area (Å²) in [6.45, 7) is 2.09. The molecule has 0 fully saturated rings. The molecule has 0 saturated heterocycles. The van der Waals surface area contributed by atoms with Crippen LogP contribution in [0.25, 0.3) is 0 Å². The fraction of sp³-hybridized carbons (Fsp3) is 0.429. The number of benzene rings is 1. The second-order valence-electron chi connectivity index (χ2n) is 4.57. The Kier molecular flexibility index (Phi) is 7.18. The van der Waals surface area contributed by atoms with Gasteiger partial charge in [-0.25, -0.2) is 9.59 Å². The molecule has 0 radical (unpaired) electrons. The van der Waals surface area contributed by atoms with Crippen molar-refractivity contribution < 1.29 is 19.4 Å². The van der Waals surface area contributed by atoms with Gasteiger partial charge in [-0.05, 0) is 24.6 Å². The number of carbonyl (C=O) groups is 2. The largest absolute Gasteiger partial charge is 0.480 e. The molecule has 1 aromatic carbocycles. The molecule has 0 aromatic heterocycles. The molecule has 1 aromatic rings. The third kappa shape index (κ3) is 6.14. The van der Waals surface area contributed by atoms with Gasteiger partial charge >= 0.3 is 12.0 Å². The zero-order chi connectivity index (χ0) is 15.8. The van der Waals surface area contributed by atoms with Crippen molar-refractivity contribution in [2.75, 3.05) is 13.7 Å². The third-order valence-electron chi connectivity index (χ3n) is 2.91. The third-order valence-corrected chi connectivity index (χ3v) is 3.40. The first-order valence-corrected chi connectivity index (χ1v) is 7.27. The molecule has 1 rings (SSSR count). The van der Waals surface area contributed by atoms with Gasteiger partial charge in [-0.3, -0.25) is 0 Å². The van der Waals surface area contributed by atoms with E-state index in [1.807, 2.05) is 31.2 Å². The van der Waals surface area contributed by atoms with Gasteiger partial charge in [0.25, 0.3) is 0 Å². The van der Waals surface area contributed by atoms with E-state index >= 15 is 0 Å². The minimum Gasteiger partial charge on any atom is -0.480 e. The first-order chi connectivity index (χ1) is 9.93. The fourth-order valence-electron chi connectivity index (χ4n) is 1.75. The number of hydrogen-bond donors (Lipinski definition) is 3. The van der Waals surface area contributed by atoms with Crippen molar-refractivity contribution in [3.8, 4) is 0 Å². The summed E-state index contributed by atoms with van der Waals surface area (Å²) >= 11 is 3.36. The van der Waals surface area contributed by atoms with E-state index in [0.29, 0.717) is 0 Å². The number of urea groups is 1. The van der Waals surface area contributed by atoms with E-state index in [4.69, 9.17) is 9.84 Å². The van der Waals surface area contributed by atoms with Crippen LogP contribution >= 0.6 is 15.9 Å². The van der Waals surface area contributed by atoms with E-state index < -0.39 is 18.0 Å². The topological polar surface area (TPSA) is 87.7 Å². The first-order valence-electron chi connectivity index (χ1n) is 6.48. The highest BCUT2D eigenvalue weighted by Crippen LogP contribution is 2.17. The van der Waals surface area contributed by atoms with E-state index in [0.717, 1.165) is 10.0 Å². The number of nitrogens with one attached hydrogen (secondary N) is 2. The number of methoxy groups -OCH3 is 1. The Labute approximate surface area is 132 Å². The Morgan fingerprint density at radius 2 is 2.10 bits per heavy atom. The molecule has 3 N–H and O–H groups in total. The van der Waals surface area contributed by atoms with Crippen LogP contribution in [0.15, 0.2) is 28.7 Å². The van der Waals surface area contributed by atoms with Crippen LogP contribution in [-0.4, -0.2) is 36.9 Å². The summed E-state index contributed by atoms with van der Waals surface area (Å²) < 4.78 is 5.74. The quantitative estimate of drug-likeness (QED) is 0.697. The highest BCUT2D eigenvalue weighted by Gasteiger charge is 2.20. The number of rotatable bonds is 7. The van der Waals surface area contributed by atoms with Crippen LogP contribution in [0, 0.1) is 0 Å². The Balaban J connectivity index is 2.57. The van der Waals surface area contributed by atoms with Crippen LogP contribution in [0.5, 0.6) is 0 Å². The number of carboxylic acid groups (broad SMARTS) is 1. The summed E-state index contributed by atoms with van der Waals surface area (Å²) in [6, 6.07) is 5.81. The predicted molar refractivity (Wildman–Crippen MR) is 82.1 cm³/mol. The maximum Gasteiger partial charge on any atom is 0.326 e. The zero-order valence-corrected chi connectivity index (χ0v) is 13.5. The van der Waals surface area contributed by atoms with Crippen LogP contribution in [0.3, 0.4) is 0 Å². The van der Waals surface area contributed by atoms with Crippen molar-refractivity contribution in [3.63, 3.8) is 0 Å². The Bertz CT molecular complexity index is 496. The van der Waals surface area contributed by atoms with Gasteiger partial charge in [0.05, 0.1) is 6.04 Å². The molecule has 116 valence electrons. The van der Waals surface area contributed by atoms with Crippen LogP contribution in [0.1, 0.15) is 24.9 Å². The highest BCUT2D eigenvalue weighted by atomic mass is 79.9. The Hall–Kier alpha value is -1.60. The number of aliphatic carboxylic acids is 1. The van der Waals surface area contributed by atoms with E-state index in [1.54, 1.807) is 0 Å². The standard InChI is InChI=1S/C14H19BrN2O4/c1-9(10-4-3-5-11(15)8-10)16-14(20)17-12(13(18)19)6-7-21-2/h3-5,8-9,12H,6-7H2,1-2H3,(H,18,19)(H2,16,17,20). The molecule has 0 bridgehead atoms. The summed E-state index contributed by atoms with van der Waals surface area (Å²) in [7, 11) is 1.48. The van der Waals surface area contributed by atoms with Gasteiger partial charge in [0.2, 0.25) is 0 Å². The lowest BCUT2D eigenvalue weighted by Gasteiger charge is -2.18. The summed E-state index contributed by atoms with van der Waals surface area (Å²) in [5.74, 6) is -1.09. The maximum atomic E-state index is 11.9. The monoisotopic (exact) mass is 358 g/mol. The van der Waals surface area contributed by atoms with Crippen molar-refractivity contribution in [3.05, 3.63) is 34.3 Å². The maximum absolute atomic E-state index is 11.9. The van der Waals surface area contributed by atoms with E-state index in [9.17, 15) is 9.59 Å². The van der Waals surface area contributed by atoms with Crippen LogP contribution in [0.4, 0.5) is 4.79 Å². The highest BCUT2D eigenvalue weighted by molar-refractivity contribution is 9.10. The van der Waals surface area contributed by atoms with Gasteiger partial charge < -0.3 is 20.5 Å². The molecule has 21 heavy (non-hydrogen) atoms. The summed E-state index contributed by atoms with van der Waals surface area (Å²) in [5, 5.41) is 14.2. The molecule has 0 spiro atoms. The van der Waals surface area contributed by atoms with Crippen molar-refractivity contribution in [2.24, 2.45) is 0 Å². The molecule has 0 aliphatic heterocycles. The van der Waals surface area contributed by atoms with Gasteiger partial charge in [0, 0.05) is 24.6 Å². The molecule has 7 heteroatoms. The molecular weight excluding hydrogens is 340 g/mol. The lowest BCUT2D eigenvalue weighted by molar-refractivity contribution is -0.139. The lowest BCUT2D eigenvalue weighted by atomic mass is 10.1. The number of hydrogen-bond acceptors (Lipinski definition) is 3. The summed E-state index contributed by atoms with van der Waals surface area (Å²) in [6.07, 6.45) is 0.213.